The topological polar surface area (TPSA) is 42.4 Å². The van der Waals surface area contributed by atoms with Crippen molar-refractivity contribution in [3.63, 3.8) is 0 Å². The summed E-state index contributed by atoms with van der Waals surface area (Å²) in [7, 11) is 0. The molecule has 0 radical (unpaired) electrons. The molecule has 0 aromatic carbocycles. The summed E-state index contributed by atoms with van der Waals surface area (Å²) in [5, 5.41) is 0. The SMILES string of the molecule is CCOC(=O)CN(CC)CCc1scnc1C. The second-order valence-corrected chi connectivity index (χ2v) is 4.72. The van der Waals surface area contributed by atoms with Gasteiger partial charge >= 0.3 is 5.97 Å². The van der Waals surface area contributed by atoms with Crippen LogP contribution in [0.25, 0.3) is 0 Å². The van der Waals surface area contributed by atoms with Crippen LogP contribution in [0.1, 0.15) is 24.4 Å². The van der Waals surface area contributed by atoms with Crippen molar-refractivity contribution in [2.75, 3.05) is 26.2 Å². The van der Waals surface area contributed by atoms with Crippen LogP contribution in [0.4, 0.5) is 0 Å². The highest BCUT2D eigenvalue weighted by Crippen LogP contribution is 2.13. The number of hydrogen-bond donors (Lipinski definition) is 0. The fourth-order valence-corrected chi connectivity index (χ4v) is 2.33. The molecule has 0 atom stereocenters. The van der Waals surface area contributed by atoms with E-state index >= 15 is 0 Å². The lowest BCUT2D eigenvalue weighted by atomic mass is 10.3. The number of nitrogens with zero attached hydrogens (tertiary/aromatic N) is 2. The number of aryl methyl sites for hydroxylation is 1. The number of carbonyl (C=O) groups is 1. The molecule has 0 aliphatic heterocycles. The van der Waals surface area contributed by atoms with Gasteiger partial charge in [0.25, 0.3) is 0 Å². The van der Waals surface area contributed by atoms with E-state index in [0.29, 0.717) is 13.2 Å². The van der Waals surface area contributed by atoms with Crippen molar-refractivity contribution in [1.29, 1.82) is 0 Å². The smallest absolute Gasteiger partial charge is 0.320 e. The molecule has 0 saturated carbocycles. The van der Waals surface area contributed by atoms with Crippen molar-refractivity contribution < 1.29 is 9.53 Å². The predicted octanol–water partition coefficient (Wildman–Crippen LogP) is 1.88. The molecule has 17 heavy (non-hydrogen) atoms. The molecule has 1 aromatic heterocycles. The molecule has 0 aliphatic rings. The minimum Gasteiger partial charge on any atom is -0.465 e. The fraction of sp³-hybridized carbons (Fsp3) is 0.667. The summed E-state index contributed by atoms with van der Waals surface area (Å²) in [6.45, 7) is 8.46. The minimum absolute atomic E-state index is 0.143. The standard InChI is InChI=1S/C12H20N2O2S/c1-4-14(8-12(15)16-5-2)7-6-11-10(3)13-9-17-11/h9H,4-8H2,1-3H3. The van der Waals surface area contributed by atoms with E-state index in [0.717, 1.165) is 25.2 Å². The van der Waals surface area contributed by atoms with Crippen molar-refractivity contribution >= 4 is 17.3 Å². The zero-order valence-corrected chi connectivity index (χ0v) is 11.5. The van der Waals surface area contributed by atoms with E-state index in [-0.39, 0.29) is 5.97 Å². The van der Waals surface area contributed by atoms with Gasteiger partial charge in [-0.2, -0.15) is 0 Å². The molecule has 0 saturated heterocycles. The van der Waals surface area contributed by atoms with Crippen LogP contribution in [0.15, 0.2) is 5.51 Å². The Morgan fingerprint density at radius 3 is 2.82 bits per heavy atom. The number of aromatic nitrogens is 1. The number of carbonyl (C=O) groups excluding carboxylic acids is 1. The molecular formula is C12H20N2O2S. The van der Waals surface area contributed by atoms with Gasteiger partial charge in [0.2, 0.25) is 0 Å². The Hall–Kier alpha value is -0.940. The number of thiazole rings is 1. The molecule has 1 rings (SSSR count). The first-order valence-electron chi connectivity index (χ1n) is 5.94. The molecule has 0 aliphatic carbocycles. The van der Waals surface area contributed by atoms with Crippen LogP contribution in [0.3, 0.4) is 0 Å². The summed E-state index contributed by atoms with van der Waals surface area (Å²) in [4.78, 5) is 19.0. The van der Waals surface area contributed by atoms with E-state index in [1.807, 2.05) is 19.4 Å². The highest BCUT2D eigenvalue weighted by molar-refractivity contribution is 7.09. The first-order chi connectivity index (χ1) is 8.17. The first-order valence-corrected chi connectivity index (χ1v) is 6.82. The Morgan fingerprint density at radius 2 is 2.29 bits per heavy atom. The van der Waals surface area contributed by atoms with Crippen LogP contribution in [0.5, 0.6) is 0 Å². The molecule has 1 heterocycles. The molecule has 0 spiro atoms. The Balaban J connectivity index is 2.37. The molecule has 0 fully saturated rings. The quantitative estimate of drug-likeness (QED) is 0.699. The van der Waals surface area contributed by atoms with E-state index in [4.69, 9.17) is 4.74 Å². The van der Waals surface area contributed by atoms with Crippen LogP contribution in [-0.4, -0.2) is 42.1 Å². The summed E-state index contributed by atoms with van der Waals surface area (Å²) in [6, 6.07) is 0. The monoisotopic (exact) mass is 256 g/mol. The largest absolute Gasteiger partial charge is 0.465 e. The van der Waals surface area contributed by atoms with Gasteiger partial charge in [-0.3, -0.25) is 9.69 Å². The number of rotatable bonds is 7. The van der Waals surface area contributed by atoms with Crippen molar-refractivity contribution in [2.24, 2.45) is 0 Å². The maximum Gasteiger partial charge on any atom is 0.320 e. The zero-order valence-electron chi connectivity index (χ0n) is 10.7. The van der Waals surface area contributed by atoms with Gasteiger partial charge in [-0.05, 0) is 26.8 Å². The van der Waals surface area contributed by atoms with Crippen LogP contribution in [0, 0.1) is 6.92 Å². The number of esters is 1. The second-order valence-electron chi connectivity index (χ2n) is 3.78. The van der Waals surface area contributed by atoms with Crippen LogP contribution < -0.4 is 0 Å². The number of likely N-dealkylation sites (N-methyl/N-ethyl adjacent to an activating group) is 1. The normalized spacial score (nSPS) is 10.8. The molecule has 0 N–H and O–H groups in total. The molecule has 0 bridgehead atoms. The van der Waals surface area contributed by atoms with Crippen LogP contribution >= 0.6 is 11.3 Å². The minimum atomic E-state index is -0.143. The third-order valence-electron chi connectivity index (χ3n) is 2.61. The molecule has 0 amide bonds. The lowest BCUT2D eigenvalue weighted by molar-refractivity contribution is -0.144. The highest BCUT2D eigenvalue weighted by atomic mass is 32.1. The molecule has 5 heteroatoms. The third kappa shape index (κ3) is 4.83. The Kier molecular flexibility index (Phi) is 6.15. The van der Waals surface area contributed by atoms with Gasteiger partial charge < -0.3 is 4.74 Å². The molecule has 4 nitrogen and oxygen atoms in total. The lowest BCUT2D eigenvalue weighted by Crippen LogP contribution is -2.32. The van der Waals surface area contributed by atoms with E-state index in [9.17, 15) is 4.79 Å². The van der Waals surface area contributed by atoms with E-state index in [2.05, 4.69) is 16.8 Å². The third-order valence-corrected chi connectivity index (χ3v) is 3.60. The van der Waals surface area contributed by atoms with Gasteiger partial charge in [-0.1, -0.05) is 6.92 Å². The van der Waals surface area contributed by atoms with Gasteiger partial charge in [0.1, 0.15) is 0 Å². The van der Waals surface area contributed by atoms with Gasteiger partial charge in [-0.15, -0.1) is 11.3 Å². The summed E-state index contributed by atoms with van der Waals surface area (Å²) in [6.07, 6.45) is 0.948. The van der Waals surface area contributed by atoms with Crippen molar-refractivity contribution in [1.82, 2.24) is 9.88 Å². The summed E-state index contributed by atoms with van der Waals surface area (Å²) in [5.41, 5.74) is 2.97. The van der Waals surface area contributed by atoms with E-state index < -0.39 is 0 Å². The molecular weight excluding hydrogens is 236 g/mol. The second kappa shape index (κ2) is 7.40. The maximum atomic E-state index is 11.4. The summed E-state index contributed by atoms with van der Waals surface area (Å²) in [5.74, 6) is -0.143. The summed E-state index contributed by atoms with van der Waals surface area (Å²) >= 11 is 1.68. The van der Waals surface area contributed by atoms with Crippen molar-refractivity contribution in [3.05, 3.63) is 16.1 Å². The highest BCUT2D eigenvalue weighted by Gasteiger charge is 2.10. The first kappa shape index (κ1) is 14.1. The fourth-order valence-electron chi connectivity index (χ4n) is 1.56. The zero-order chi connectivity index (χ0) is 12.7. The Labute approximate surface area is 107 Å². The Morgan fingerprint density at radius 1 is 1.53 bits per heavy atom. The van der Waals surface area contributed by atoms with Crippen molar-refractivity contribution in [3.8, 4) is 0 Å². The lowest BCUT2D eigenvalue weighted by Gasteiger charge is -2.18. The average Bonchev–Trinajstić information content (AvgIpc) is 2.70. The van der Waals surface area contributed by atoms with Crippen LogP contribution in [-0.2, 0) is 16.0 Å². The van der Waals surface area contributed by atoms with Gasteiger partial charge in [0.15, 0.2) is 0 Å². The average molecular weight is 256 g/mol. The van der Waals surface area contributed by atoms with E-state index in [1.165, 1.54) is 4.88 Å². The maximum absolute atomic E-state index is 11.4. The molecule has 96 valence electrons. The molecule has 0 unspecified atom stereocenters. The molecule has 1 aromatic rings. The number of hydrogen-bond acceptors (Lipinski definition) is 5. The summed E-state index contributed by atoms with van der Waals surface area (Å²) < 4.78 is 4.94. The Bertz CT molecular complexity index is 352. The van der Waals surface area contributed by atoms with E-state index in [1.54, 1.807) is 11.3 Å². The van der Waals surface area contributed by atoms with Gasteiger partial charge in [-0.25, -0.2) is 4.98 Å². The van der Waals surface area contributed by atoms with Gasteiger partial charge in [0, 0.05) is 11.4 Å². The number of ether oxygens (including phenoxy) is 1. The van der Waals surface area contributed by atoms with Gasteiger partial charge in [0.05, 0.1) is 24.4 Å². The van der Waals surface area contributed by atoms with Crippen LogP contribution in [0.2, 0.25) is 0 Å². The van der Waals surface area contributed by atoms with Crippen molar-refractivity contribution in [2.45, 2.75) is 27.2 Å². The predicted molar refractivity (Wildman–Crippen MR) is 69.3 cm³/mol.